The molecule has 1 aromatic carbocycles. The van der Waals surface area contributed by atoms with Crippen LogP contribution < -0.4 is 0 Å². The van der Waals surface area contributed by atoms with Crippen LogP contribution in [0.15, 0.2) is 29.4 Å². The fourth-order valence-corrected chi connectivity index (χ4v) is 2.72. The SMILES string of the molecule is CSc1n[nH]c(Cc2ccccc2C(=O)CC(=O)C2CC2)n1. The molecular formula is C16H17N3O2S. The van der Waals surface area contributed by atoms with Gasteiger partial charge in [0, 0.05) is 17.9 Å². The lowest BCUT2D eigenvalue weighted by Gasteiger charge is -2.07. The number of carbonyl (C=O) groups is 2. The van der Waals surface area contributed by atoms with Gasteiger partial charge in [0.05, 0.1) is 6.42 Å². The van der Waals surface area contributed by atoms with E-state index in [1.165, 1.54) is 11.8 Å². The summed E-state index contributed by atoms with van der Waals surface area (Å²) in [5, 5.41) is 7.64. The Balaban J connectivity index is 1.76. The third kappa shape index (κ3) is 3.44. The molecule has 1 aliphatic carbocycles. The molecule has 1 saturated carbocycles. The van der Waals surface area contributed by atoms with Gasteiger partial charge in [-0.3, -0.25) is 14.7 Å². The summed E-state index contributed by atoms with van der Waals surface area (Å²) in [4.78, 5) is 28.6. The Morgan fingerprint density at radius 3 is 2.77 bits per heavy atom. The zero-order chi connectivity index (χ0) is 15.5. The number of carbonyl (C=O) groups excluding carboxylic acids is 2. The maximum Gasteiger partial charge on any atom is 0.208 e. The van der Waals surface area contributed by atoms with Crippen molar-refractivity contribution in [2.24, 2.45) is 5.92 Å². The lowest BCUT2D eigenvalue weighted by Crippen LogP contribution is -2.12. The van der Waals surface area contributed by atoms with Crippen molar-refractivity contribution in [3.8, 4) is 0 Å². The largest absolute Gasteiger partial charge is 0.299 e. The summed E-state index contributed by atoms with van der Waals surface area (Å²) < 4.78 is 0. The molecule has 22 heavy (non-hydrogen) atoms. The molecule has 5 nitrogen and oxygen atoms in total. The molecule has 1 N–H and O–H groups in total. The molecule has 2 aromatic rings. The van der Waals surface area contributed by atoms with E-state index in [-0.39, 0.29) is 23.9 Å². The number of thioether (sulfide) groups is 1. The molecule has 0 bridgehead atoms. The minimum atomic E-state index is -0.0999. The Bertz CT molecular complexity index is 707. The highest BCUT2D eigenvalue weighted by atomic mass is 32.2. The quantitative estimate of drug-likeness (QED) is 0.483. The van der Waals surface area contributed by atoms with E-state index in [2.05, 4.69) is 15.2 Å². The molecule has 6 heteroatoms. The van der Waals surface area contributed by atoms with Crippen molar-refractivity contribution in [3.63, 3.8) is 0 Å². The van der Waals surface area contributed by atoms with Crippen molar-refractivity contribution in [1.82, 2.24) is 15.2 Å². The number of hydrogen-bond donors (Lipinski definition) is 1. The molecule has 0 unspecified atom stereocenters. The molecule has 0 saturated heterocycles. The van der Waals surface area contributed by atoms with E-state index < -0.39 is 0 Å². The third-order valence-electron chi connectivity index (χ3n) is 3.74. The Morgan fingerprint density at radius 2 is 2.09 bits per heavy atom. The Kier molecular flexibility index (Phi) is 4.38. The maximum absolute atomic E-state index is 12.4. The number of benzene rings is 1. The number of H-pyrrole nitrogens is 1. The maximum atomic E-state index is 12.4. The number of nitrogens with zero attached hydrogens (tertiary/aromatic N) is 2. The predicted molar refractivity (Wildman–Crippen MR) is 84.1 cm³/mol. The second kappa shape index (κ2) is 6.44. The van der Waals surface area contributed by atoms with Crippen LogP contribution in [0.2, 0.25) is 0 Å². The number of rotatable bonds is 7. The van der Waals surface area contributed by atoms with E-state index in [1.807, 2.05) is 24.5 Å². The smallest absolute Gasteiger partial charge is 0.208 e. The second-order valence-corrected chi connectivity index (χ2v) is 6.22. The Morgan fingerprint density at radius 1 is 1.32 bits per heavy atom. The van der Waals surface area contributed by atoms with Crippen LogP contribution in [0.25, 0.3) is 0 Å². The van der Waals surface area contributed by atoms with Gasteiger partial charge in [-0.05, 0) is 24.7 Å². The summed E-state index contributed by atoms with van der Waals surface area (Å²) in [6, 6.07) is 7.40. The molecule has 3 rings (SSSR count). The van der Waals surface area contributed by atoms with E-state index >= 15 is 0 Å². The van der Waals surface area contributed by atoms with Crippen LogP contribution in [-0.4, -0.2) is 33.0 Å². The zero-order valence-electron chi connectivity index (χ0n) is 12.3. The molecule has 1 heterocycles. The lowest BCUT2D eigenvalue weighted by atomic mass is 9.97. The fourth-order valence-electron chi connectivity index (χ4n) is 2.38. The number of Topliss-reactive ketones (excluding diaryl/α,β-unsaturated/α-hetero) is 2. The van der Waals surface area contributed by atoms with Crippen molar-refractivity contribution in [3.05, 3.63) is 41.2 Å². The van der Waals surface area contributed by atoms with Gasteiger partial charge >= 0.3 is 0 Å². The van der Waals surface area contributed by atoms with E-state index in [0.29, 0.717) is 17.1 Å². The topological polar surface area (TPSA) is 75.7 Å². The number of hydrogen-bond acceptors (Lipinski definition) is 5. The van der Waals surface area contributed by atoms with Crippen LogP contribution in [-0.2, 0) is 11.2 Å². The van der Waals surface area contributed by atoms with Gasteiger partial charge in [-0.15, -0.1) is 5.10 Å². The average molecular weight is 315 g/mol. The monoisotopic (exact) mass is 315 g/mol. The predicted octanol–water partition coefficient (Wildman–Crippen LogP) is 2.67. The van der Waals surface area contributed by atoms with Gasteiger partial charge in [-0.1, -0.05) is 36.0 Å². The first-order valence-electron chi connectivity index (χ1n) is 7.26. The molecule has 0 atom stereocenters. The summed E-state index contributed by atoms with van der Waals surface area (Å²) >= 11 is 1.46. The minimum Gasteiger partial charge on any atom is -0.299 e. The Hall–Kier alpha value is -1.95. The third-order valence-corrected chi connectivity index (χ3v) is 4.28. The van der Waals surface area contributed by atoms with Crippen LogP contribution in [0.5, 0.6) is 0 Å². The number of aromatic amines is 1. The first kappa shape index (κ1) is 15.0. The summed E-state index contributed by atoms with van der Waals surface area (Å²) in [5.74, 6) is 0.814. The van der Waals surface area contributed by atoms with Gasteiger partial charge < -0.3 is 0 Å². The highest BCUT2D eigenvalue weighted by Crippen LogP contribution is 2.31. The van der Waals surface area contributed by atoms with Crippen molar-refractivity contribution in [2.75, 3.05) is 6.26 Å². The summed E-state index contributed by atoms with van der Waals surface area (Å²) in [6.45, 7) is 0. The van der Waals surface area contributed by atoms with Gasteiger partial charge in [0.25, 0.3) is 0 Å². The molecule has 1 aromatic heterocycles. The van der Waals surface area contributed by atoms with Crippen LogP contribution in [0.3, 0.4) is 0 Å². The van der Waals surface area contributed by atoms with Crippen molar-refractivity contribution in [2.45, 2.75) is 30.8 Å². The van der Waals surface area contributed by atoms with Crippen molar-refractivity contribution in [1.29, 1.82) is 0 Å². The summed E-state index contributed by atoms with van der Waals surface area (Å²) in [6.07, 6.45) is 4.29. The molecule has 0 amide bonds. The molecule has 0 aliphatic heterocycles. The van der Waals surface area contributed by atoms with Crippen LogP contribution in [0.1, 0.15) is 41.0 Å². The van der Waals surface area contributed by atoms with Crippen molar-refractivity contribution < 1.29 is 9.59 Å². The highest BCUT2D eigenvalue weighted by Gasteiger charge is 2.31. The van der Waals surface area contributed by atoms with Gasteiger partial charge in [0.2, 0.25) is 5.16 Å². The van der Waals surface area contributed by atoms with Crippen LogP contribution in [0.4, 0.5) is 0 Å². The van der Waals surface area contributed by atoms with Gasteiger partial charge in [0.15, 0.2) is 5.78 Å². The first-order valence-corrected chi connectivity index (χ1v) is 8.49. The van der Waals surface area contributed by atoms with Crippen molar-refractivity contribution >= 4 is 23.3 Å². The van der Waals surface area contributed by atoms with E-state index in [0.717, 1.165) is 24.2 Å². The van der Waals surface area contributed by atoms with Gasteiger partial charge in [-0.2, -0.15) is 0 Å². The second-order valence-electron chi connectivity index (χ2n) is 5.44. The van der Waals surface area contributed by atoms with Gasteiger partial charge in [0.1, 0.15) is 11.6 Å². The Labute approximate surface area is 132 Å². The molecule has 1 aliphatic rings. The molecule has 114 valence electrons. The van der Waals surface area contributed by atoms with E-state index in [1.54, 1.807) is 6.07 Å². The van der Waals surface area contributed by atoms with Crippen LogP contribution >= 0.6 is 11.8 Å². The molecule has 1 fully saturated rings. The van der Waals surface area contributed by atoms with Gasteiger partial charge in [-0.25, -0.2) is 4.98 Å². The number of nitrogens with one attached hydrogen (secondary N) is 1. The standard InChI is InChI=1S/C16H17N3O2S/c1-22-16-17-15(18-19-16)8-11-4-2-3-5-12(11)14(21)9-13(20)10-6-7-10/h2-5,10H,6-9H2,1H3,(H,17,18,19). The number of aromatic nitrogens is 3. The molecule has 0 spiro atoms. The highest BCUT2D eigenvalue weighted by molar-refractivity contribution is 7.98. The lowest BCUT2D eigenvalue weighted by molar-refractivity contribution is -0.119. The fraction of sp³-hybridized carbons (Fsp3) is 0.375. The molecule has 0 radical (unpaired) electrons. The first-order chi connectivity index (χ1) is 10.7. The van der Waals surface area contributed by atoms with Crippen LogP contribution in [0, 0.1) is 5.92 Å². The summed E-state index contributed by atoms with van der Waals surface area (Å²) in [7, 11) is 0. The minimum absolute atomic E-state index is 0.00808. The van der Waals surface area contributed by atoms with E-state index in [4.69, 9.17) is 0 Å². The number of ketones is 2. The average Bonchev–Trinajstić information content (AvgIpc) is 3.28. The molecular weight excluding hydrogens is 298 g/mol. The summed E-state index contributed by atoms with van der Waals surface area (Å²) in [5.41, 5.74) is 1.48. The zero-order valence-corrected chi connectivity index (χ0v) is 13.2. The normalized spacial score (nSPS) is 14.0. The van der Waals surface area contributed by atoms with E-state index in [9.17, 15) is 9.59 Å².